The monoisotopic (exact) mass is 258 g/mol. The second-order valence-electron chi connectivity index (χ2n) is 5.99. The van der Waals surface area contributed by atoms with E-state index in [4.69, 9.17) is 0 Å². The van der Waals surface area contributed by atoms with Crippen molar-refractivity contribution in [2.45, 2.75) is 32.7 Å². The fourth-order valence-corrected chi connectivity index (χ4v) is 2.62. The Kier molecular flexibility index (Phi) is 4.78. The van der Waals surface area contributed by atoms with Crippen molar-refractivity contribution in [1.82, 2.24) is 10.2 Å². The molecule has 2 rings (SSSR count). The summed E-state index contributed by atoms with van der Waals surface area (Å²) in [5, 5.41) is 3.39. The molecular weight excluding hydrogens is 232 g/mol. The molecule has 0 aliphatic carbocycles. The van der Waals surface area contributed by atoms with E-state index in [1.165, 1.54) is 22.3 Å². The molecule has 0 radical (unpaired) electrons. The van der Waals surface area contributed by atoms with Crippen LogP contribution in [0.2, 0.25) is 0 Å². The molecule has 0 atom stereocenters. The smallest absolute Gasteiger partial charge is 0.0233 e. The van der Waals surface area contributed by atoms with Gasteiger partial charge in [-0.2, -0.15) is 0 Å². The second-order valence-corrected chi connectivity index (χ2v) is 5.99. The molecule has 1 aromatic carbocycles. The van der Waals surface area contributed by atoms with Crippen LogP contribution in [0.4, 0.5) is 0 Å². The fourth-order valence-electron chi connectivity index (χ4n) is 2.62. The third kappa shape index (κ3) is 3.68. The van der Waals surface area contributed by atoms with Crippen molar-refractivity contribution in [2.24, 2.45) is 0 Å². The maximum Gasteiger partial charge on any atom is 0.0233 e. The molecule has 0 saturated carbocycles. The van der Waals surface area contributed by atoms with Crippen molar-refractivity contribution in [3.63, 3.8) is 0 Å². The van der Waals surface area contributed by atoms with Crippen molar-refractivity contribution in [1.29, 1.82) is 0 Å². The molecule has 0 spiro atoms. The highest BCUT2D eigenvalue weighted by atomic mass is 15.0. The van der Waals surface area contributed by atoms with Gasteiger partial charge in [0, 0.05) is 13.1 Å². The lowest BCUT2D eigenvalue weighted by Crippen LogP contribution is -2.21. The summed E-state index contributed by atoms with van der Waals surface area (Å²) in [4.78, 5) is 2.25. The lowest BCUT2D eigenvalue weighted by atomic mass is 9.91. The van der Waals surface area contributed by atoms with Crippen LogP contribution in [0.15, 0.2) is 24.3 Å². The van der Waals surface area contributed by atoms with Crippen LogP contribution in [0.25, 0.3) is 5.57 Å². The Bertz CT molecular complexity index is 458. The molecule has 0 saturated heterocycles. The van der Waals surface area contributed by atoms with Crippen LogP contribution in [0.1, 0.15) is 42.9 Å². The van der Waals surface area contributed by atoms with Gasteiger partial charge in [-0.3, -0.25) is 0 Å². The topological polar surface area (TPSA) is 15.3 Å². The summed E-state index contributed by atoms with van der Waals surface area (Å²) >= 11 is 0. The zero-order valence-electron chi connectivity index (χ0n) is 12.7. The molecular formula is C17H26N2. The minimum atomic E-state index is 0.594. The van der Waals surface area contributed by atoms with Gasteiger partial charge in [-0.1, -0.05) is 38.1 Å². The van der Waals surface area contributed by atoms with Crippen LogP contribution >= 0.6 is 0 Å². The van der Waals surface area contributed by atoms with Gasteiger partial charge in [-0.05, 0) is 55.2 Å². The SMILES string of the molecule is CC(C)c1ccc(C2=CCNCC2)c(CN(C)C)c1. The highest BCUT2D eigenvalue weighted by molar-refractivity contribution is 5.69. The van der Waals surface area contributed by atoms with E-state index in [1.54, 1.807) is 0 Å². The van der Waals surface area contributed by atoms with Gasteiger partial charge in [0.2, 0.25) is 0 Å². The maximum absolute atomic E-state index is 3.39. The Morgan fingerprint density at radius 2 is 2.05 bits per heavy atom. The molecule has 0 unspecified atom stereocenters. The third-order valence-electron chi connectivity index (χ3n) is 3.69. The first-order valence-corrected chi connectivity index (χ1v) is 7.25. The number of nitrogens with zero attached hydrogens (tertiary/aromatic N) is 1. The average Bonchev–Trinajstić information content (AvgIpc) is 2.39. The molecule has 1 aliphatic rings. The summed E-state index contributed by atoms with van der Waals surface area (Å²) in [6.07, 6.45) is 3.48. The van der Waals surface area contributed by atoms with Crippen molar-refractivity contribution in [2.75, 3.05) is 27.2 Å². The number of nitrogens with one attached hydrogen (secondary N) is 1. The third-order valence-corrected chi connectivity index (χ3v) is 3.69. The predicted octanol–water partition coefficient (Wildman–Crippen LogP) is 3.25. The Labute approximate surface area is 117 Å². The van der Waals surface area contributed by atoms with E-state index in [1.807, 2.05) is 0 Å². The summed E-state index contributed by atoms with van der Waals surface area (Å²) in [6, 6.07) is 7.01. The van der Waals surface area contributed by atoms with Crippen LogP contribution in [0.5, 0.6) is 0 Å². The molecule has 104 valence electrons. The molecule has 19 heavy (non-hydrogen) atoms. The normalized spacial score (nSPS) is 16.0. The largest absolute Gasteiger partial charge is 0.313 e. The maximum atomic E-state index is 3.39. The summed E-state index contributed by atoms with van der Waals surface area (Å²) in [7, 11) is 4.28. The minimum Gasteiger partial charge on any atom is -0.313 e. The Balaban J connectivity index is 2.38. The quantitative estimate of drug-likeness (QED) is 0.892. The van der Waals surface area contributed by atoms with Crippen LogP contribution in [0, 0.1) is 0 Å². The fraction of sp³-hybridized carbons (Fsp3) is 0.529. The van der Waals surface area contributed by atoms with Crippen molar-refractivity contribution in [3.05, 3.63) is 41.0 Å². The summed E-state index contributed by atoms with van der Waals surface area (Å²) in [6.45, 7) is 7.64. The molecule has 1 aromatic rings. The van der Waals surface area contributed by atoms with Gasteiger partial charge in [0.25, 0.3) is 0 Å². The molecule has 2 heteroatoms. The first kappa shape index (κ1) is 14.3. The summed E-state index contributed by atoms with van der Waals surface area (Å²) in [5.74, 6) is 0.594. The van der Waals surface area contributed by atoms with Crippen LogP contribution in [0.3, 0.4) is 0 Å². The zero-order chi connectivity index (χ0) is 13.8. The highest BCUT2D eigenvalue weighted by Gasteiger charge is 2.12. The van der Waals surface area contributed by atoms with Crippen LogP contribution in [-0.2, 0) is 6.54 Å². The molecule has 1 aliphatic heterocycles. The second kappa shape index (κ2) is 6.36. The van der Waals surface area contributed by atoms with E-state index in [9.17, 15) is 0 Å². The lowest BCUT2D eigenvalue weighted by molar-refractivity contribution is 0.402. The van der Waals surface area contributed by atoms with Gasteiger partial charge in [-0.15, -0.1) is 0 Å². The van der Waals surface area contributed by atoms with Crippen molar-refractivity contribution in [3.8, 4) is 0 Å². The van der Waals surface area contributed by atoms with E-state index >= 15 is 0 Å². The van der Waals surface area contributed by atoms with E-state index in [0.717, 1.165) is 26.1 Å². The van der Waals surface area contributed by atoms with Crippen molar-refractivity contribution < 1.29 is 0 Å². The Morgan fingerprint density at radius 1 is 1.26 bits per heavy atom. The van der Waals surface area contributed by atoms with E-state index < -0.39 is 0 Å². The van der Waals surface area contributed by atoms with E-state index in [2.05, 4.69) is 62.4 Å². The average molecular weight is 258 g/mol. The van der Waals surface area contributed by atoms with Gasteiger partial charge in [-0.25, -0.2) is 0 Å². The predicted molar refractivity (Wildman–Crippen MR) is 83.4 cm³/mol. The van der Waals surface area contributed by atoms with E-state index in [0.29, 0.717) is 5.92 Å². The molecule has 1 N–H and O–H groups in total. The van der Waals surface area contributed by atoms with E-state index in [-0.39, 0.29) is 0 Å². The number of benzene rings is 1. The molecule has 0 aromatic heterocycles. The summed E-state index contributed by atoms with van der Waals surface area (Å²) in [5.41, 5.74) is 5.85. The molecule has 0 fully saturated rings. The highest BCUT2D eigenvalue weighted by Crippen LogP contribution is 2.27. The summed E-state index contributed by atoms with van der Waals surface area (Å²) < 4.78 is 0. The molecule has 0 amide bonds. The van der Waals surface area contributed by atoms with Gasteiger partial charge in [0.05, 0.1) is 0 Å². The molecule has 1 heterocycles. The van der Waals surface area contributed by atoms with Gasteiger partial charge >= 0.3 is 0 Å². The number of hydrogen-bond donors (Lipinski definition) is 1. The van der Waals surface area contributed by atoms with Crippen LogP contribution < -0.4 is 5.32 Å². The van der Waals surface area contributed by atoms with Crippen molar-refractivity contribution >= 4 is 5.57 Å². The van der Waals surface area contributed by atoms with Gasteiger partial charge in [0.1, 0.15) is 0 Å². The van der Waals surface area contributed by atoms with Gasteiger partial charge in [0.15, 0.2) is 0 Å². The molecule has 0 bridgehead atoms. The first-order chi connectivity index (χ1) is 9.08. The Hall–Kier alpha value is -1.12. The molecule has 2 nitrogen and oxygen atoms in total. The number of hydrogen-bond acceptors (Lipinski definition) is 2. The number of rotatable bonds is 4. The van der Waals surface area contributed by atoms with Crippen LogP contribution in [-0.4, -0.2) is 32.1 Å². The zero-order valence-corrected chi connectivity index (χ0v) is 12.7. The first-order valence-electron chi connectivity index (χ1n) is 7.25. The lowest BCUT2D eigenvalue weighted by Gasteiger charge is -2.21. The Morgan fingerprint density at radius 3 is 2.63 bits per heavy atom. The minimum absolute atomic E-state index is 0.594. The van der Waals surface area contributed by atoms with Gasteiger partial charge < -0.3 is 10.2 Å². The standard InChI is InChI=1S/C17H26N2/c1-13(2)15-5-6-17(14-7-9-18-10-8-14)16(11-15)12-19(3)4/h5-7,11,13,18H,8-10,12H2,1-4H3.